The Balaban J connectivity index is 1.65. The van der Waals surface area contributed by atoms with Crippen molar-refractivity contribution in [1.29, 1.82) is 0 Å². The normalized spacial score (nSPS) is 22.1. The first-order chi connectivity index (χ1) is 15.0. The molecule has 1 amide bonds. The smallest absolute Gasteiger partial charge is 0.228 e. The summed E-state index contributed by atoms with van der Waals surface area (Å²) >= 11 is 0. The summed E-state index contributed by atoms with van der Waals surface area (Å²) in [6.45, 7) is 0. The molecule has 3 N–H and O–H groups in total. The Labute approximate surface area is 180 Å². The topological polar surface area (TPSA) is 119 Å². The quantitative estimate of drug-likeness (QED) is 0.655. The number of carbonyl (C=O) groups excluding carboxylic acids is 2. The van der Waals surface area contributed by atoms with Gasteiger partial charge in [0.05, 0.1) is 19.1 Å². The number of nitrogens with zero attached hydrogens (tertiary/aromatic N) is 1. The molecule has 164 valence electrons. The van der Waals surface area contributed by atoms with Crippen LogP contribution in [0.15, 0.2) is 36.7 Å². The van der Waals surface area contributed by atoms with Gasteiger partial charge in [-0.25, -0.2) is 0 Å². The molecule has 8 heteroatoms. The maximum Gasteiger partial charge on any atom is 0.228 e. The zero-order chi connectivity index (χ0) is 22.0. The van der Waals surface area contributed by atoms with Gasteiger partial charge in [0.25, 0.3) is 0 Å². The lowest BCUT2D eigenvalue weighted by Crippen LogP contribution is -3.06. The number of quaternary nitrogens is 1. The van der Waals surface area contributed by atoms with Gasteiger partial charge in [0.2, 0.25) is 11.7 Å². The number of methoxy groups -OCH3 is 1. The van der Waals surface area contributed by atoms with Crippen LogP contribution in [0.4, 0.5) is 5.69 Å². The van der Waals surface area contributed by atoms with Crippen LogP contribution in [-0.2, 0) is 4.79 Å². The molecule has 2 aromatic rings. The largest absolute Gasteiger partial charge is 0.628 e. The lowest BCUT2D eigenvalue weighted by molar-refractivity contribution is -0.792. The van der Waals surface area contributed by atoms with Crippen molar-refractivity contribution in [2.24, 2.45) is 5.73 Å². The highest BCUT2D eigenvalue weighted by atomic mass is 16.5. The average molecular weight is 425 g/mol. The van der Waals surface area contributed by atoms with Crippen LogP contribution in [-0.4, -0.2) is 35.9 Å². The lowest BCUT2D eigenvalue weighted by atomic mass is 9.86. The van der Waals surface area contributed by atoms with E-state index in [4.69, 9.17) is 15.2 Å². The first-order valence-corrected chi connectivity index (χ1v) is 10.6. The SMILES string of the molecule is COc1cc(C(CC(N)=O)C2C(=O)c3cnccc3[NH+]2[O-])ccc1OC1CCCCC1. The standard InChI is InChI=1S/C23H27N3O5/c1-30-20-11-14(7-8-19(20)31-15-5-3-2-4-6-15)16(12-21(24)27)22-23(28)17-13-25-10-9-18(17)26(22)29/h7-11,13,15-16,22,26H,2-6,12H2,1H3,(H2,24,27). The molecular weight excluding hydrogens is 398 g/mol. The summed E-state index contributed by atoms with van der Waals surface area (Å²) in [6.07, 6.45) is 8.44. The molecule has 0 bridgehead atoms. The number of fused-ring (bicyclic) bond motifs is 1. The van der Waals surface area contributed by atoms with Gasteiger partial charge < -0.3 is 25.5 Å². The van der Waals surface area contributed by atoms with Crippen molar-refractivity contribution in [3.63, 3.8) is 0 Å². The average Bonchev–Trinajstić information content (AvgIpc) is 3.03. The predicted molar refractivity (Wildman–Crippen MR) is 113 cm³/mol. The number of carbonyl (C=O) groups is 2. The van der Waals surface area contributed by atoms with Crippen molar-refractivity contribution in [3.05, 3.63) is 53.0 Å². The number of aromatic nitrogens is 1. The first kappa shape index (κ1) is 21.3. The van der Waals surface area contributed by atoms with Gasteiger partial charge in [0.1, 0.15) is 11.3 Å². The van der Waals surface area contributed by atoms with E-state index < -0.39 is 17.9 Å². The third-order valence-corrected chi connectivity index (χ3v) is 6.20. The zero-order valence-corrected chi connectivity index (χ0v) is 17.5. The second-order valence-corrected chi connectivity index (χ2v) is 8.19. The number of pyridine rings is 1. The summed E-state index contributed by atoms with van der Waals surface area (Å²) in [5.41, 5.74) is 6.75. The molecule has 0 spiro atoms. The number of ether oxygens (including phenoxy) is 2. The number of primary amides is 1. The fraction of sp³-hybridized carbons (Fsp3) is 0.435. The molecule has 1 saturated carbocycles. The fourth-order valence-electron chi connectivity index (χ4n) is 4.64. The minimum Gasteiger partial charge on any atom is -0.628 e. The number of hydrogen-bond acceptors (Lipinski definition) is 6. The number of hydroxylamine groups is 1. The zero-order valence-electron chi connectivity index (χ0n) is 17.5. The van der Waals surface area contributed by atoms with Gasteiger partial charge in [0, 0.05) is 24.9 Å². The van der Waals surface area contributed by atoms with Gasteiger partial charge >= 0.3 is 0 Å². The van der Waals surface area contributed by atoms with Crippen molar-refractivity contribution < 1.29 is 24.1 Å². The Bertz CT molecular complexity index is 973. The van der Waals surface area contributed by atoms with Crippen LogP contribution in [0.3, 0.4) is 0 Å². The predicted octanol–water partition coefficient (Wildman–Crippen LogP) is 2.04. The molecule has 1 fully saturated rings. The molecule has 3 atom stereocenters. The Hall–Kier alpha value is -2.97. The number of nitrogens with one attached hydrogen (secondary N) is 1. The number of benzene rings is 1. The molecule has 2 heterocycles. The van der Waals surface area contributed by atoms with E-state index in [2.05, 4.69) is 4.98 Å². The van der Waals surface area contributed by atoms with E-state index in [1.807, 2.05) is 0 Å². The molecule has 1 aliphatic carbocycles. The Morgan fingerprint density at radius 1 is 1.26 bits per heavy atom. The summed E-state index contributed by atoms with van der Waals surface area (Å²) < 4.78 is 11.7. The van der Waals surface area contributed by atoms with E-state index in [0.29, 0.717) is 22.7 Å². The molecule has 0 radical (unpaired) electrons. The molecule has 0 saturated heterocycles. The van der Waals surface area contributed by atoms with Gasteiger partial charge in [-0.1, -0.05) is 12.5 Å². The number of hydrogen-bond donors (Lipinski definition) is 2. The first-order valence-electron chi connectivity index (χ1n) is 10.6. The maximum atomic E-state index is 13.0. The maximum absolute atomic E-state index is 13.0. The van der Waals surface area contributed by atoms with Gasteiger partial charge in [-0.15, -0.1) is 0 Å². The van der Waals surface area contributed by atoms with Gasteiger partial charge in [-0.2, -0.15) is 0 Å². The van der Waals surface area contributed by atoms with Crippen molar-refractivity contribution in [3.8, 4) is 11.5 Å². The van der Waals surface area contributed by atoms with Crippen LogP contribution in [0.2, 0.25) is 0 Å². The van der Waals surface area contributed by atoms with E-state index in [9.17, 15) is 14.8 Å². The summed E-state index contributed by atoms with van der Waals surface area (Å²) in [6, 6.07) is 5.85. The summed E-state index contributed by atoms with van der Waals surface area (Å²) in [5.74, 6) is -0.480. The highest BCUT2D eigenvalue weighted by Gasteiger charge is 2.45. The molecule has 1 aromatic carbocycles. The minimum atomic E-state index is -1.01. The highest BCUT2D eigenvalue weighted by Crippen LogP contribution is 2.37. The van der Waals surface area contributed by atoms with Crippen LogP contribution in [0.1, 0.15) is 60.4 Å². The molecule has 1 aliphatic heterocycles. The highest BCUT2D eigenvalue weighted by molar-refractivity contribution is 6.05. The van der Waals surface area contributed by atoms with Crippen LogP contribution in [0, 0.1) is 5.21 Å². The number of ketones is 1. The molecule has 1 aromatic heterocycles. The van der Waals surface area contributed by atoms with E-state index in [1.165, 1.54) is 18.8 Å². The number of nitrogens with two attached hydrogens (primary N) is 1. The second-order valence-electron chi connectivity index (χ2n) is 8.19. The van der Waals surface area contributed by atoms with Crippen molar-refractivity contribution >= 4 is 17.4 Å². The summed E-state index contributed by atoms with van der Waals surface area (Å²) in [4.78, 5) is 28.8. The van der Waals surface area contributed by atoms with Gasteiger partial charge in [-0.3, -0.25) is 14.6 Å². The van der Waals surface area contributed by atoms with Crippen LogP contribution < -0.4 is 20.3 Å². The number of amides is 1. The Morgan fingerprint density at radius 3 is 2.71 bits per heavy atom. The van der Waals surface area contributed by atoms with Gasteiger partial charge in [0.15, 0.2) is 17.5 Å². The van der Waals surface area contributed by atoms with Gasteiger partial charge in [-0.05, 0) is 43.4 Å². The molecule has 8 nitrogen and oxygen atoms in total. The third-order valence-electron chi connectivity index (χ3n) is 6.20. The van der Waals surface area contributed by atoms with Crippen LogP contribution in [0.25, 0.3) is 0 Å². The van der Waals surface area contributed by atoms with Crippen molar-refractivity contribution in [2.75, 3.05) is 7.11 Å². The third kappa shape index (κ3) is 4.26. The van der Waals surface area contributed by atoms with E-state index in [1.54, 1.807) is 31.4 Å². The fourth-order valence-corrected chi connectivity index (χ4v) is 4.64. The Kier molecular flexibility index (Phi) is 6.20. The summed E-state index contributed by atoms with van der Waals surface area (Å²) in [5, 5.41) is 12.7. The second kappa shape index (κ2) is 9.03. The summed E-state index contributed by atoms with van der Waals surface area (Å²) in [7, 11) is 1.54. The molecular formula is C23H27N3O5. The van der Waals surface area contributed by atoms with E-state index >= 15 is 0 Å². The molecule has 31 heavy (non-hydrogen) atoms. The van der Waals surface area contributed by atoms with E-state index in [-0.39, 0.29) is 28.9 Å². The van der Waals surface area contributed by atoms with Crippen molar-refractivity contribution in [2.45, 2.75) is 56.6 Å². The monoisotopic (exact) mass is 425 g/mol. The molecule has 4 rings (SSSR count). The number of Topliss-reactive ketones (excluding diaryl/α,β-unsaturated/α-hetero) is 1. The van der Waals surface area contributed by atoms with E-state index in [0.717, 1.165) is 25.7 Å². The van der Waals surface area contributed by atoms with Crippen LogP contribution >= 0.6 is 0 Å². The lowest BCUT2D eigenvalue weighted by Gasteiger charge is -2.30. The minimum absolute atomic E-state index is 0.129. The van der Waals surface area contributed by atoms with Crippen LogP contribution in [0.5, 0.6) is 11.5 Å². The molecule has 2 aliphatic rings. The molecule has 3 unspecified atom stereocenters. The Morgan fingerprint density at radius 2 is 2.03 bits per heavy atom. The van der Waals surface area contributed by atoms with Crippen molar-refractivity contribution in [1.82, 2.24) is 4.98 Å². The number of rotatable bonds is 7.